The third-order valence-electron chi connectivity index (χ3n) is 4.91. The van der Waals surface area contributed by atoms with E-state index in [2.05, 4.69) is 50.3 Å². The van der Waals surface area contributed by atoms with Crippen LogP contribution < -0.4 is 5.01 Å². The largest absolute Gasteiger partial charge is 0.301 e. The fourth-order valence-corrected chi connectivity index (χ4v) is 5.38. The van der Waals surface area contributed by atoms with E-state index in [1.54, 1.807) is 5.01 Å². The summed E-state index contributed by atoms with van der Waals surface area (Å²) in [7, 11) is 2.27. The van der Waals surface area contributed by atoms with Gasteiger partial charge in [-0.1, -0.05) is 22.4 Å². The van der Waals surface area contributed by atoms with Crippen molar-refractivity contribution in [2.45, 2.75) is 44.7 Å². The molecule has 0 saturated heterocycles. The molecule has 6 heteroatoms. The monoisotopic (exact) mass is 416 g/mol. The number of nitroso groups, excluding NO2 is 1. The van der Waals surface area contributed by atoms with Crippen LogP contribution in [-0.2, 0) is 6.54 Å². The molecule has 21 heavy (non-hydrogen) atoms. The summed E-state index contributed by atoms with van der Waals surface area (Å²) in [5.41, 5.74) is 2.12. The Bertz CT molecular complexity index is 560. The minimum atomic E-state index is 0.633. The van der Waals surface area contributed by atoms with E-state index >= 15 is 0 Å². The van der Waals surface area contributed by atoms with Gasteiger partial charge in [-0.15, -0.1) is 4.91 Å². The Labute approximate surface area is 142 Å². The summed E-state index contributed by atoms with van der Waals surface area (Å²) in [6.45, 7) is 1.63. The molecule has 1 aliphatic carbocycles. The average Bonchev–Trinajstić information content (AvgIpc) is 2.46. The predicted molar refractivity (Wildman–Crippen MR) is 91.7 cm³/mol. The van der Waals surface area contributed by atoms with E-state index in [0.717, 1.165) is 25.7 Å². The van der Waals surface area contributed by atoms with Crippen LogP contribution in [0.25, 0.3) is 0 Å². The third-order valence-corrected chi connectivity index (χ3v) is 5.97. The highest BCUT2D eigenvalue weighted by molar-refractivity contribution is 9.11. The van der Waals surface area contributed by atoms with Crippen LogP contribution in [0.5, 0.6) is 0 Å². The number of fused-ring (bicyclic) bond motifs is 1. The summed E-state index contributed by atoms with van der Waals surface area (Å²) in [4.78, 5) is 11.4. The van der Waals surface area contributed by atoms with Crippen LogP contribution in [0.4, 0.5) is 5.69 Å². The minimum absolute atomic E-state index is 0.633. The maximum atomic E-state index is 11.4. The van der Waals surface area contributed by atoms with Crippen molar-refractivity contribution in [2.75, 3.05) is 18.7 Å². The molecule has 1 aromatic rings. The van der Waals surface area contributed by atoms with Crippen LogP contribution in [0.1, 0.15) is 37.7 Å². The fourth-order valence-electron chi connectivity index (χ4n) is 3.86. The van der Waals surface area contributed by atoms with Crippen molar-refractivity contribution in [3.05, 3.63) is 31.5 Å². The lowest BCUT2D eigenvalue weighted by atomic mass is 9.91. The second-order valence-electron chi connectivity index (χ2n) is 6.45. The molecule has 114 valence electrons. The molecule has 0 N–H and O–H groups in total. The second-order valence-corrected chi connectivity index (χ2v) is 8.22. The fraction of sp³-hybridized carbons (Fsp3) is 0.600. The summed E-state index contributed by atoms with van der Waals surface area (Å²) < 4.78 is 2.86. The maximum Gasteiger partial charge on any atom is 0.178 e. The molecule has 4 nitrogen and oxygen atoms in total. The van der Waals surface area contributed by atoms with Crippen molar-refractivity contribution in [3.8, 4) is 0 Å². The van der Waals surface area contributed by atoms with Crippen molar-refractivity contribution >= 4 is 37.5 Å². The zero-order chi connectivity index (χ0) is 15.0. The van der Waals surface area contributed by atoms with Crippen molar-refractivity contribution in [3.63, 3.8) is 0 Å². The second kappa shape index (κ2) is 5.97. The standard InChI is InChI=1S/C15H20Br2N3O/c1-20(13-5-3-2-4-6-13)9-11-7-12(16)8-14(17)15(11)19(10-20)18-21/h7-8,13H,2-6,9-10H2,1H3/q+1. The van der Waals surface area contributed by atoms with E-state index in [1.165, 1.54) is 37.7 Å². The lowest BCUT2D eigenvalue weighted by molar-refractivity contribution is -0.948. The van der Waals surface area contributed by atoms with Crippen LogP contribution in [0.3, 0.4) is 0 Å². The highest BCUT2D eigenvalue weighted by Gasteiger charge is 2.41. The maximum absolute atomic E-state index is 11.4. The molecule has 1 aromatic carbocycles. The Morgan fingerprint density at radius 2 is 1.95 bits per heavy atom. The average molecular weight is 418 g/mol. The van der Waals surface area contributed by atoms with E-state index in [0.29, 0.717) is 12.7 Å². The predicted octanol–water partition coefficient (Wildman–Crippen LogP) is 4.95. The number of anilines is 1. The highest BCUT2D eigenvalue weighted by atomic mass is 79.9. The van der Waals surface area contributed by atoms with Gasteiger partial charge in [0.2, 0.25) is 0 Å². The van der Waals surface area contributed by atoms with Crippen LogP contribution in [0, 0.1) is 4.91 Å². The van der Waals surface area contributed by atoms with E-state index < -0.39 is 0 Å². The quantitative estimate of drug-likeness (QED) is 0.503. The van der Waals surface area contributed by atoms with Crippen LogP contribution in [0.15, 0.2) is 26.4 Å². The Hall–Kier alpha value is -0.460. The topological polar surface area (TPSA) is 32.7 Å². The van der Waals surface area contributed by atoms with Gasteiger partial charge in [-0.2, -0.15) is 5.01 Å². The van der Waals surface area contributed by atoms with Crippen molar-refractivity contribution in [2.24, 2.45) is 5.29 Å². The number of benzene rings is 1. The molecule has 0 bridgehead atoms. The first-order valence-corrected chi connectivity index (χ1v) is 9.05. The third kappa shape index (κ3) is 2.90. The summed E-state index contributed by atoms with van der Waals surface area (Å²) in [6.07, 6.45) is 6.48. The first-order valence-electron chi connectivity index (χ1n) is 7.46. The molecule has 1 atom stereocenters. The Balaban J connectivity index is 1.99. The van der Waals surface area contributed by atoms with Gasteiger partial charge in [0.05, 0.1) is 24.1 Å². The number of halogens is 2. The van der Waals surface area contributed by atoms with Crippen molar-refractivity contribution < 1.29 is 4.48 Å². The van der Waals surface area contributed by atoms with Crippen LogP contribution in [0.2, 0.25) is 0 Å². The molecule has 1 unspecified atom stereocenters. The first kappa shape index (κ1) is 15.4. The lowest BCUT2D eigenvalue weighted by Gasteiger charge is -2.47. The highest BCUT2D eigenvalue weighted by Crippen LogP contribution is 2.41. The molecular formula is C15H20Br2N3O+. The van der Waals surface area contributed by atoms with Gasteiger partial charge in [0.1, 0.15) is 6.54 Å². The molecule has 3 rings (SSSR count). The summed E-state index contributed by atoms with van der Waals surface area (Å²) in [6, 6.07) is 4.73. The van der Waals surface area contributed by atoms with E-state index in [-0.39, 0.29) is 0 Å². The Morgan fingerprint density at radius 3 is 2.62 bits per heavy atom. The zero-order valence-electron chi connectivity index (χ0n) is 12.2. The summed E-state index contributed by atoms with van der Waals surface area (Å²) >= 11 is 7.12. The summed E-state index contributed by atoms with van der Waals surface area (Å²) in [5, 5.41) is 4.92. The summed E-state index contributed by atoms with van der Waals surface area (Å²) in [5.74, 6) is 0. The molecule has 0 spiro atoms. The van der Waals surface area contributed by atoms with Gasteiger partial charge in [-0.3, -0.25) is 0 Å². The molecule has 0 radical (unpaired) electrons. The number of hydrogen-bond donors (Lipinski definition) is 0. The first-order chi connectivity index (χ1) is 10.0. The Kier molecular flexibility index (Phi) is 4.39. The van der Waals surface area contributed by atoms with Crippen molar-refractivity contribution in [1.82, 2.24) is 0 Å². The molecule has 0 amide bonds. The van der Waals surface area contributed by atoms with Crippen molar-refractivity contribution in [1.29, 1.82) is 0 Å². The lowest BCUT2D eigenvalue weighted by Crippen LogP contribution is -2.59. The van der Waals surface area contributed by atoms with Gasteiger partial charge < -0.3 is 4.48 Å². The van der Waals surface area contributed by atoms with Crippen LogP contribution >= 0.6 is 31.9 Å². The van der Waals surface area contributed by atoms with Gasteiger partial charge in [0.25, 0.3) is 0 Å². The van der Waals surface area contributed by atoms with Gasteiger partial charge in [0, 0.05) is 14.5 Å². The number of rotatable bonds is 2. The molecule has 1 aliphatic heterocycles. The number of nitrogens with zero attached hydrogens (tertiary/aromatic N) is 3. The van der Waals surface area contributed by atoms with Crippen LogP contribution in [-0.4, -0.2) is 24.2 Å². The Morgan fingerprint density at radius 1 is 1.24 bits per heavy atom. The number of quaternary nitrogens is 1. The number of hydrogen-bond acceptors (Lipinski definition) is 2. The van der Waals surface area contributed by atoms with Gasteiger partial charge in [-0.25, -0.2) is 0 Å². The minimum Gasteiger partial charge on any atom is -0.301 e. The SMILES string of the molecule is C[N+]1(C2CCCCC2)Cc2cc(Br)cc(Br)c2N(N=O)C1. The molecule has 1 heterocycles. The zero-order valence-corrected chi connectivity index (χ0v) is 15.4. The van der Waals surface area contributed by atoms with E-state index in [1.807, 2.05) is 6.07 Å². The smallest absolute Gasteiger partial charge is 0.178 e. The molecule has 2 aliphatic rings. The van der Waals surface area contributed by atoms with E-state index in [9.17, 15) is 4.91 Å². The molecule has 0 aromatic heterocycles. The molecular weight excluding hydrogens is 398 g/mol. The normalized spacial score (nSPS) is 26.5. The van der Waals surface area contributed by atoms with Gasteiger partial charge in [0.15, 0.2) is 6.67 Å². The van der Waals surface area contributed by atoms with Gasteiger partial charge >= 0.3 is 0 Å². The van der Waals surface area contributed by atoms with E-state index in [4.69, 9.17) is 0 Å². The molecule has 1 saturated carbocycles. The van der Waals surface area contributed by atoms with Gasteiger partial charge in [-0.05, 0) is 53.7 Å². The molecule has 1 fully saturated rings.